The lowest BCUT2D eigenvalue weighted by Crippen LogP contribution is -2.31. The predicted molar refractivity (Wildman–Crippen MR) is 83.4 cm³/mol. The van der Waals surface area contributed by atoms with Crippen LogP contribution in [0.25, 0.3) is 0 Å². The van der Waals surface area contributed by atoms with Crippen molar-refractivity contribution in [3.63, 3.8) is 0 Å². The average molecular weight is 320 g/mol. The molecule has 0 saturated heterocycles. The van der Waals surface area contributed by atoms with E-state index in [1.807, 2.05) is 12.1 Å². The summed E-state index contributed by atoms with van der Waals surface area (Å²) in [7, 11) is 1.47. The Morgan fingerprint density at radius 1 is 1.35 bits per heavy atom. The average Bonchev–Trinajstić information content (AvgIpc) is 2.50. The van der Waals surface area contributed by atoms with Crippen LogP contribution in [0.3, 0.4) is 0 Å². The number of likely N-dealkylation sites (N-methyl/N-ethyl adjacent to an activating group) is 1. The lowest BCUT2D eigenvalue weighted by atomic mass is 10.0. The summed E-state index contributed by atoms with van der Waals surface area (Å²) in [5, 5.41) is 11.4. The first-order chi connectivity index (χ1) is 11.0. The number of carbonyl (C=O) groups excluding carboxylic acids is 2. The summed E-state index contributed by atoms with van der Waals surface area (Å²) in [5.41, 5.74) is 1.86. The second-order valence-corrected chi connectivity index (χ2v) is 5.46. The van der Waals surface area contributed by atoms with Gasteiger partial charge in [0.25, 0.3) is 0 Å². The Balaban J connectivity index is 1.75. The van der Waals surface area contributed by atoms with Crippen LogP contribution in [-0.4, -0.2) is 48.0 Å². The number of amides is 2. The molecule has 0 saturated carbocycles. The number of carbonyl (C=O) groups is 3. The van der Waals surface area contributed by atoms with Gasteiger partial charge in [-0.25, -0.2) is 0 Å². The monoisotopic (exact) mass is 320 g/mol. The van der Waals surface area contributed by atoms with Crippen molar-refractivity contribution in [2.75, 3.05) is 25.5 Å². The van der Waals surface area contributed by atoms with E-state index in [2.05, 4.69) is 5.32 Å². The SMILES string of the molecule is CN(CC(=O)O)C(=O)CCCOc1ccc2c(c1)CCC(=O)N2. The molecule has 0 spiro atoms. The molecule has 0 bridgehead atoms. The summed E-state index contributed by atoms with van der Waals surface area (Å²) in [6.45, 7) is 0.0774. The lowest BCUT2D eigenvalue weighted by molar-refractivity contribution is -0.143. The third kappa shape index (κ3) is 4.98. The van der Waals surface area contributed by atoms with Gasteiger partial charge >= 0.3 is 5.97 Å². The summed E-state index contributed by atoms with van der Waals surface area (Å²) >= 11 is 0. The molecule has 1 aliphatic rings. The van der Waals surface area contributed by atoms with Crippen LogP contribution in [0, 0.1) is 0 Å². The number of aryl methyl sites for hydroxylation is 1. The van der Waals surface area contributed by atoms with Gasteiger partial charge in [-0.2, -0.15) is 0 Å². The summed E-state index contributed by atoms with van der Waals surface area (Å²) in [6.07, 6.45) is 1.92. The Kier molecular flexibility index (Phi) is 5.56. The van der Waals surface area contributed by atoms with Crippen molar-refractivity contribution in [3.05, 3.63) is 23.8 Å². The number of benzene rings is 1. The standard InChI is InChI=1S/C16H20N2O5/c1-18(10-16(21)22)15(20)3-2-8-23-12-5-6-13-11(9-12)4-7-14(19)17-13/h5-6,9H,2-4,7-8,10H2,1H3,(H,17,19)(H,21,22). The van der Waals surface area contributed by atoms with Gasteiger partial charge in [-0.15, -0.1) is 0 Å². The minimum Gasteiger partial charge on any atom is -0.494 e. The molecule has 2 N–H and O–H groups in total. The fourth-order valence-electron chi connectivity index (χ4n) is 2.34. The largest absolute Gasteiger partial charge is 0.494 e. The molecule has 0 radical (unpaired) electrons. The minimum atomic E-state index is -1.03. The van der Waals surface area contributed by atoms with Crippen LogP contribution in [0.1, 0.15) is 24.8 Å². The van der Waals surface area contributed by atoms with Gasteiger partial charge in [0.05, 0.1) is 6.61 Å². The maximum atomic E-state index is 11.7. The molecule has 0 atom stereocenters. The highest BCUT2D eigenvalue weighted by Gasteiger charge is 2.15. The molecule has 1 aliphatic heterocycles. The number of aliphatic carboxylic acids is 1. The maximum Gasteiger partial charge on any atom is 0.323 e. The highest BCUT2D eigenvalue weighted by molar-refractivity contribution is 5.94. The fraction of sp³-hybridized carbons (Fsp3) is 0.438. The molecular weight excluding hydrogens is 300 g/mol. The van der Waals surface area contributed by atoms with Gasteiger partial charge in [0.15, 0.2) is 0 Å². The highest BCUT2D eigenvalue weighted by atomic mass is 16.5. The Labute approximate surface area is 134 Å². The smallest absolute Gasteiger partial charge is 0.323 e. The molecule has 23 heavy (non-hydrogen) atoms. The molecule has 0 aromatic heterocycles. The molecule has 0 fully saturated rings. The second-order valence-electron chi connectivity index (χ2n) is 5.46. The van der Waals surface area contributed by atoms with Crippen molar-refractivity contribution in [3.8, 4) is 5.75 Å². The number of carboxylic acids is 1. The van der Waals surface area contributed by atoms with Crippen molar-refractivity contribution in [2.24, 2.45) is 0 Å². The van der Waals surface area contributed by atoms with E-state index >= 15 is 0 Å². The van der Waals surface area contributed by atoms with E-state index in [1.54, 1.807) is 6.07 Å². The third-order valence-corrected chi connectivity index (χ3v) is 3.57. The molecule has 7 nitrogen and oxygen atoms in total. The summed E-state index contributed by atoms with van der Waals surface area (Å²) in [5.74, 6) is -0.524. The number of ether oxygens (including phenoxy) is 1. The fourth-order valence-corrected chi connectivity index (χ4v) is 2.34. The van der Waals surface area contributed by atoms with Gasteiger partial charge in [0.1, 0.15) is 12.3 Å². The van der Waals surface area contributed by atoms with Crippen molar-refractivity contribution in [1.82, 2.24) is 4.90 Å². The van der Waals surface area contributed by atoms with E-state index in [-0.39, 0.29) is 24.8 Å². The van der Waals surface area contributed by atoms with Crippen LogP contribution in [0.2, 0.25) is 0 Å². The highest BCUT2D eigenvalue weighted by Crippen LogP contribution is 2.26. The van der Waals surface area contributed by atoms with Gasteiger partial charge in [0, 0.05) is 25.6 Å². The van der Waals surface area contributed by atoms with E-state index < -0.39 is 5.97 Å². The predicted octanol–water partition coefficient (Wildman–Crippen LogP) is 1.27. The topological polar surface area (TPSA) is 95.9 Å². The number of anilines is 1. The molecule has 2 amide bonds. The number of carboxylic acid groups (broad SMARTS) is 1. The Bertz CT molecular complexity index is 614. The van der Waals surface area contributed by atoms with Gasteiger partial charge in [0.2, 0.25) is 11.8 Å². The molecule has 1 aromatic rings. The molecule has 2 rings (SSSR count). The first-order valence-corrected chi connectivity index (χ1v) is 7.47. The zero-order chi connectivity index (χ0) is 16.8. The first-order valence-electron chi connectivity index (χ1n) is 7.47. The van der Waals surface area contributed by atoms with Crippen molar-refractivity contribution in [1.29, 1.82) is 0 Å². The number of fused-ring (bicyclic) bond motifs is 1. The van der Waals surface area contributed by atoms with E-state index in [9.17, 15) is 14.4 Å². The number of rotatable bonds is 7. The van der Waals surface area contributed by atoms with Crippen LogP contribution < -0.4 is 10.1 Å². The molecule has 0 aliphatic carbocycles. The van der Waals surface area contributed by atoms with Crippen LogP contribution in [-0.2, 0) is 20.8 Å². The van der Waals surface area contributed by atoms with Gasteiger partial charge in [-0.1, -0.05) is 0 Å². The van der Waals surface area contributed by atoms with Crippen LogP contribution >= 0.6 is 0 Å². The van der Waals surface area contributed by atoms with E-state index in [4.69, 9.17) is 9.84 Å². The number of hydrogen-bond acceptors (Lipinski definition) is 4. The van der Waals surface area contributed by atoms with Crippen molar-refractivity contribution in [2.45, 2.75) is 25.7 Å². The van der Waals surface area contributed by atoms with E-state index in [0.717, 1.165) is 11.3 Å². The van der Waals surface area contributed by atoms with Gasteiger partial charge < -0.3 is 20.1 Å². The Hall–Kier alpha value is -2.57. The van der Waals surface area contributed by atoms with E-state index in [1.165, 1.54) is 11.9 Å². The summed E-state index contributed by atoms with van der Waals surface area (Å²) in [4.78, 5) is 34.7. The quantitative estimate of drug-likeness (QED) is 0.738. The van der Waals surface area contributed by atoms with Crippen LogP contribution in [0.5, 0.6) is 5.75 Å². The summed E-state index contributed by atoms with van der Waals surface area (Å²) < 4.78 is 5.61. The normalized spacial score (nSPS) is 13.0. The van der Waals surface area contributed by atoms with Crippen LogP contribution in [0.15, 0.2) is 18.2 Å². The minimum absolute atomic E-state index is 0.0233. The number of nitrogens with zero attached hydrogens (tertiary/aromatic N) is 1. The zero-order valence-electron chi connectivity index (χ0n) is 13.0. The Morgan fingerprint density at radius 3 is 2.87 bits per heavy atom. The van der Waals surface area contributed by atoms with Gasteiger partial charge in [-0.05, 0) is 36.6 Å². The molecular formula is C16H20N2O5. The number of nitrogens with one attached hydrogen (secondary N) is 1. The molecule has 7 heteroatoms. The van der Waals surface area contributed by atoms with Crippen LogP contribution in [0.4, 0.5) is 5.69 Å². The molecule has 1 aromatic carbocycles. The van der Waals surface area contributed by atoms with E-state index in [0.29, 0.717) is 31.6 Å². The van der Waals surface area contributed by atoms with Crippen molar-refractivity contribution < 1.29 is 24.2 Å². The lowest BCUT2D eigenvalue weighted by Gasteiger charge is -2.18. The summed E-state index contributed by atoms with van der Waals surface area (Å²) in [6, 6.07) is 5.49. The number of hydrogen-bond donors (Lipinski definition) is 2. The van der Waals surface area contributed by atoms with Crippen molar-refractivity contribution >= 4 is 23.5 Å². The second kappa shape index (κ2) is 7.62. The third-order valence-electron chi connectivity index (χ3n) is 3.57. The zero-order valence-corrected chi connectivity index (χ0v) is 13.0. The molecule has 0 unspecified atom stereocenters. The van der Waals surface area contributed by atoms with Gasteiger partial charge in [-0.3, -0.25) is 14.4 Å². The Morgan fingerprint density at radius 2 is 2.13 bits per heavy atom. The molecule has 1 heterocycles. The maximum absolute atomic E-state index is 11.7. The molecule has 124 valence electrons. The first kappa shape index (κ1) is 16.8.